The minimum absolute atomic E-state index is 0.0214. The van der Waals surface area contributed by atoms with E-state index in [1.54, 1.807) is 30.3 Å². The molecule has 2 heterocycles. The summed E-state index contributed by atoms with van der Waals surface area (Å²) in [6.07, 6.45) is -0.359. The Morgan fingerprint density at radius 2 is 2.33 bits per heavy atom. The average molecular weight is 270 g/mol. The first kappa shape index (κ1) is 13.4. The molecule has 1 aromatic rings. The number of rotatable bonds is 3. The molecule has 0 spiro atoms. The van der Waals surface area contributed by atoms with Crippen LogP contribution in [0, 0.1) is 6.92 Å². The number of amides is 1. The number of aromatic nitrogens is 2. The maximum absolute atomic E-state index is 11.8. The van der Waals surface area contributed by atoms with Gasteiger partial charge in [-0.3, -0.25) is 9.69 Å². The largest absolute Gasteiger partial charge is 0.366 e. The molecule has 2 rings (SSSR count). The molecule has 1 unspecified atom stereocenters. The zero-order chi connectivity index (χ0) is 13.1. The highest BCUT2D eigenvalue weighted by molar-refractivity contribution is 7.11. The van der Waals surface area contributed by atoms with Crippen molar-refractivity contribution in [2.45, 2.75) is 19.6 Å². The zero-order valence-electron chi connectivity index (χ0n) is 10.9. The van der Waals surface area contributed by atoms with Crippen molar-refractivity contribution >= 4 is 17.2 Å². The van der Waals surface area contributed by atoms with Gasteiger partial charge in [-0.25, -0.2) is 0 Å². The average Bonchev–Trinajstić information content (AvgIpc) is 2.74. The SMILES string of the molecule is Cc1nnc(CN2CCOC(C(=O)N(C)C)C2)s1. The second-order valence-electron chi connectivity index (χ2n) is 4.54. The highest BCUT2D eigenvalue weighted by atomic mass is 32.1. The van der Waals surface area contributed by atoms with Crippen LogP contribution in [0.25, 0.3) is 0 Å². The van der Waals surface area contributed by atoms with E-state index in [2.05, 4.69) is 15.1 Å². The lowest BCUT2D eigenvalue weighted by atomic mass is 10.2. The number of ether oxygens (including phenoxy) is 1. The van der Waals surface area contributed by atoms with Crippen LogP contribution < -0.4 is 0 Å². The lowest BCUT2D eigenvalue weighted by Gasteiger charge is -2.32. The van der Waals surface area contributed by atoms with Gasteiger partial charge in [0.15, 0.2) is 0 Å². The molecule has 1 aliphatic rings. The van der Waals surface area contributed by atoms with E-state index in [9.17, 15) is 4.79 Å². The Hall–Kier alpha value is -1.05. The molecule has 1 saturated heterocycles. The summed E-state index contributed by atoms with van der Waals surface area (Å²) in [5, 5.41) is 10.1. The van der Waals surface area contributed by atoms with E-state index in [1.165, 1.54) is 0 Å². The lowest BCUT2D eigenvalue weighted by molar-refractivity contribution is -0.147. The molecule has 1 aliphatic heterocycles. The number of carbonyl (C=O) groups is 1. The van der Waals surface area contributed by atoms with Gasteiger partial charge in [0.2, 0.25) is 0 Å². The number of likely N-dealkylation sites (N-methyl/N-ethyl adjacent to an activating group) is 1. The first-order valence-electron chi connectivity index (χ1n) is 5.90. The van der Waals surface area contributed by atoms with Crippen LogP contribution in [0.4, 0.5) is 0 Å². The highest BCUT2D eigenvalue weighted by Crippen LogP contribution is 2.14. The third kappa shape index (κ3) is 3.24. The Balaban J connectivity index is 1.92. The van der Waals surface area contributed by atoms with Crippen molar-refractivity contribution in [2.24, 2.45) is 0 Å². The third-order valence-electron chi connectivity index (χ3n) is 2.79. The molecule has 0 saturated carbocycles. The van der Waals surface area contributed by atoms with Crippen molar-refractivity contribution in [2.75, 3.05) is 33.8 Å². The lowest BCUT2D eigenvalue weighted by Crippen LogP contribution is -2.49. The summed E-state index contributed by atoms with van der Waals surface area (Å²) in [6.45, 7) is 4.72. The van der Waals surface area contributed by atoms with Gasteiger partial charge in [-0.05, 0) is 6.92 Å². The Kier molecular flexibility index (Phi) is 4.26. The van der Waals surface area contributed by atoms with E-state index in [1.807, 2.05) is 6.92 Å². The summed E-state index contributed by atoms with van der Waals surface area (Å²) < 4.78 is 5.51. The Morgan fingerprint density at radius 1 is 1.56 bits per heavy atom. The maximum atomic E-state index is 11.8. The quantitative estimate of drug-likeness (QED) is 0.781. The first-order chi connectivity index (χ1) is 8.56. The molecule has 1 amide bonds. The number of hydrogen-bond donors (Lipinski definition) is 0. The fourth-order valence-electron chi connectivity index (χ4n) is 1.88. The molecule has 6 nitrogen and oxygen atoms in total. The predicted molar refractivity (Wildman–Crippen MR) is 68.4 cm³/mol. The van der Waals surface area contributed by atoms with Crippen LogP contribution in [0.2, 0.25) is 0 Å². The Labute approximate surface area is 111 Å². The van der Waals surface area contributed by atoms with Gasteiger partial charge in [-0.2, -0.15) is 0 Å². The molecule has 0 radical (unpaired) electrons. The number of morpholine rings is 1. The summed E-state index contributed by atoms with van der Waals surface area (Å²) in [7, 11) is 3.50. The summed E-state index contributed by atoms with van der Waals surface area (Å²) in [4.78, 5) is 15.6. The van der Waals surface area contributed by atoms with Crippen LogP contribution in [0.1, 0.15) is 10.0 Å². The second kappa shape index (κ2) is 5.73. The number of carbonyl (C=O) groups excluding carboxylic acids is 1. The van der Waals surface area contributed by atoms with E-state index >= 15 is 0 Å². The van der Waals surface area contributed by atoms with Crippen LogP contribution in [0.5, 0.6) is 0 Å². The molecular formula is C11H18N4O2S. The van der Waals surface area contributed by atoms with Crippen molar-refractivity contribution in [3.05, 3.63) is 10.0 Å². The van der Waals surface area contributed by atoms with E-state index < -0.39 is 0 Å². The molecule has 18 heavy (non-hydrogen) atoms. The third-order valence-corrected chi connectivity index (χ3v) is 3.62. The summed E-state index contributed by atoms with van der Waals surface area (Å²) in [6, 6.07) is 0. The van der Waals surface area contributed by atoms with E-state index in [-0.39, 0.29) is 12.0 Å². The van der Waals surface area contributed by atoms with Crippen molar-refractivity contribution in [3.8, 4) is 0 Å². The van der Waals surface area contributed by atoms with Crippen LogP contribution in [0.15, 0.2) is 0 Å². The van der Waals surface area contributed by atoms with Crippen molar-refractivity contribution < 1.29 is 9.53 Å². The molecule has 0 aromatic carbocycles. The normalized spacial score (nSPS) is 20.9. The zero-order valence-corrected chi connectivity index (χ0v) is 11.7. The first-order valence-corrected chi connectivity index (χ1v) is 6.72. The molecule has 0 N–H and O–H groups in total. The summed E-state index contributed by atoms with van der Waals surface area (Å²) in [5.74, 6) is 0.0214. The molecule has 7 heteroatoms. The van der Waals surface area contributed by atoms with Gasteiger partial charge in [-0.1, -0.05) is 0 Å². The maximum Gasteiger partial charge on any atom is 0.252 e. The smallest absolute Gasteiger partial charge is 0.252 e. The van der Waals surface area contributed by atoms with Crippen LogP contribution >= 0.6 is 11.3 Å². The molecule has 1 atom stereocenters. The molecule has 0 bridgehead atoms. The Morgan fingerprint density at radius 3 is 2.94 bits per heavy atom. The molecule has 0 aliphatic carbocycles. The van der Waals surface area contributed by atoms with Gasteiger partial charge < -0.3 is 9.64 Å². The summed E-state index contributed by atoms with van der Waals surface area (Å²) in [5.41, 5.74) is 0. The topological polar surface area (TPSA) is 58.6 Å². The van der Waals surface area contributed by atoms with Crippen LogP contribution in [-0.4, -0.2) is 65.8 Å². The predicted octanol–water partition coefficient (Wildman–Crippen LogP) is 0.136. The van der Waals surface area contributed by atoms with Crippen LogP contribution in [-0.2, 0) is 16.1 Å². The van der Waals surface area contributed by atoms with Gasteiger partial charge in [0.1, 0.15) is 16.1 Å². The minimum atomic E-state index is -0.359. The number of nitrogens with zero attached hydrogens (tertiary/aromatic N) is 4. The highest BCUT2D eigenvalue weighted by Gasteiger charge is 2.28. The van der Waals surface area contributed by atoms with Crippen molar-refractivity contribution in [1.29, 1.82) is 0 Å². The monoisotopic (exact) mass is 270 g/mol. The van der Waals surface area contributed by atoms with E-state index in [4.69, 9.17) is 4.74 Å². The number of hydrogen-bond acceptors (Lipinski definition) is 6. The number of aryl methyl sites for hydroxylation is 1. The molecular weight excluding hydrogens is 252 g/mol. The van der Waals surface area contributed by atoms with Gasteiger partial charge in [-0.15, -0.1) is 21.5 Å². The van der Waals surface area contributed by atoms with Gasteiger partial charge in [0, 0.05) is 27.2 Å². The van der Waals surface area contributed by atoms with Crippen molar-refractivity contribution in [3.63, 3.8) is 0 Å². The van der Waals surface area contributed by atoms with Gasteiger partial charge in [0.25, 0.3) is 5.91 Å². The fraction of sp³-hybridized carbons (Fsp3) is 0.727. The summed E-state index contributed by atoms with van der Waals surface area (Å²) >= 11 is 1.60. The molecule has 100 valence electrons. The van der Waals surface area contributed by atoms with Gasteiger partial charge in [0.05, 0.1) is 13.2 Å². The van der Waals surface area contributed by atoms with Crippen LogP contribution in [0.3, 0.4) is 0 Å². The van der Waals surface area contributed by atoms with Crippen molar-refractivity contribution in [1.82, 2.24) is 20.0 Å². The van der Waals surface area contributed by atoms with E-state index in [0.29, 0.717) is 13.2 Å². The Bertz CT molecular complexity index is 421. The van der Waals surface area contributed by atoms with E-state index in [0.717, 1.165) is 23.1 Å². The van der Waals surface area contributed by atoms with Gasteiger partial charge >= 0.3 is 0 Å². The second-order valence-corrected chi connectivity index (χ2v) is 5.81. The standard InChI is InChI=1S/C11H18N4O2S/c1-8-12-13-10(18-8)7-15-4-5-17-9(6-15)11(16)14(2)3/h9H,4-7H2,1-3H3. The fourth-order valence-corrected chi connectivity index (χ4v) is 2.63. The minimum Gasteiger partial charge on any atom is -0.366 e. The molecule has 1 aromatic heterocycles. The molecule has 1 fully saturated rings.